The molecule has 1 N–H and O–H groups in total. The van der Waals surface area contributed by atoms with Gasteiger partial charge in [0.1, 0.15) is 0 Å². The summed E-state index contributed by atoms with van der Waals surface area (Å²) in [6, 6.07) is 8.61. The Hall–Kier alpha value is -0.710. The third-order valence-corrected chi connectivity index (χ3v) is 3.62. The second kappa shape index (κ2) is 3.81. The molecule has 0 fully saturated rings. The summed E-state index contributed by atoms with van der Waals surface area (Å²) in [6.45, 7) is 2.11. The van der Waals surface area contributed by atoms with E-state index in [-0.39, 0.29) is 0 Å². The van der Waals surface area contributed by atoms with Gasteiger partial charge in [0, 0.05) is 13.2 Å². The first-order valence-electron chi connectivity index (χ1n) is 4.58. The average molecular weight is 300 g/mol. The van der Waals surface area contributed by atoms with E-state index in [0.29, 0.717) is 4.17 Å². The van der Waals surface area contributed by atoms with Crippen LogP contribution in [0.5, 0.6) is 0 Å². The molecule has 0 saturated heterocycles. The molecule has 1 atom stereocenters. The second-order valence-electron chi connectivity index (χ2n) is 3.51. The van der Waals surface area contributed by atoms with Crippen LogP contribution in [0.25, 0.3) is 5.70 Å². The predicted molar refractivity (Wildman–Crippen MR) is 67.9 cm³/mol. The van der Waals surface area contributed by atoms with Crippen LogP contribution in [0.3, 0.4) is 0 Å². The SMILES string of the molecule is Cc1ccc(C2=CNC(I)N2C)cc1. The van der Waals surface area contributed by atoms with Crippen LogP contribution in [0.1, 0.15) is 11.1 Å². The van der Waals surface area contributed by atoms with Crippen LogP contribution in [0, 0.1) is 6.92 Å². The summed E-state index contributed by atoms with van der Waals surface area (Å²) < 4.78 is 0.365. The summed E-state index contributed by atoms with van der Waals surface area (Å²) in [5.74, 6) is 0. The summed E-state index contributed by atoms with van der Waals surface area (Å²) in [6.07, 6.45) is 2.07. The third kappa shape index (κ3) is 1.73. The van der Waals surface area contributed by atoms with Crippen LogP contribution < -0.4 is 5.32 Å². The molecule has 0 bridgehead atoms. The fourth-order valence-corrected chi connectivity index (χ4v) is 1.97. The maximum absolute atomic E-state index is 3.28. The van der Waals surface area contributed by atoms with E-state index in [2.05, 4.69) is 77.2 Å². The Kier molecular flexibility index (Phi) is 2.67. The van der Waals surface area contributed by atoms with Crippen molar-refractivity contribution >= 4 is 28.3 Å². The molecule has 0 radical (unpaired) electrons. The molecule has 0 spiro atoms. The molecular weight excluding hydrogens is 287 g/mol. The highest BCUT2D eigenvalue weighted by Gasteiger charge is 2.19. The highest BCUT2D eigenvalue weighted by molar-refractivity contribution is 14.1. The Bertz CT molecular complexity index is 356. The van der Waals surface area contributed by atoms with Gasteiger partial charge in [0.2, 0.25) is 0 Å². The molecule has 1 aromatic carbocycles. The van der Waals surface area contributed by atoms with Crippen LogP contribution in [0.15, 0.2) is 30.5 Å². The molecule has 0 aliphatic carbocycles. The molecule has 14 heavy (non-hydrogen) atoms. The molecule has 1 aromatic rings. The lowest BCUT2D eigenvalue weighted by Crippen LogP contribution is -2.26. The Balaban J connectivity index is 2.28. The molecule has 74 valence electrons. The van der Waals surface area contributed by atoms with Gasteiger partial charge < -0.3 is 10.2 Å². The van der Waals surface area contributed by atoms with Crippen molar-refractivity contribution in [3.05, 3.63) is 41.6 Å². The van der Waals surface area contributed by atoms with Crippen LogP contribution in [-0.2, 0) is 0 Å². The molecule has 0 saturated carbocycles. The van der Waals surface area contributed by atoms with Crippen molar-refractivity contribution in [1.29, 1.82) is 0 Å². The molecule has 2 rings (SSSR count). The van der Waals surface area contributed by atoms with E-state index < -0.39 is 0 Å². The Morgan fingerprint density at radius 1 is 1.29 bits per heavy atom. The summed E-state index contributed by atoms with van der Waals surface area (Å²) in [7, 11) is 2.10. The van der Waals surface area contributed by atoms with Crippen LogP contribution in [0.4, 0.5) is 0 Å². The number of aryl methyl sites for hydroxylation is 1. The van der Waals surface area contributed by atoms with Crippen LogP contribution in [0.2, 0.25) is 0 Å². The summed E-state index contributed by atoms with van der Waals surface area (Å²) in [5.41, 5.74) is 3.82. The number of nitrogens with one attached hydrogen (secondary N) is 1. The lowest BCUT2D eigenvalue weighted by molar-refractivity contribution is 0.472. The number of rotatable bonds is 1. The number of alkyl halides is 1. The number of nitrogens with zero attached hydrogens (tertiary/aromatic N) is 1. The molecular formula is C11H13IN2. The zero-order valence-corrected chi connectivity index (χ0v) is 10.4. The molecule has 1 heterocycles. The average Bonchev–Trinajstić information content (AvgIpc) is 2.50. The highest BCUT2D eigenvalue weighted by Crippen LogP contribution is 2.25. The van der Waals surface area contributed by atoms with E-state index in [9.17, 15) is 0 Å². The van der Waals surface area contributed by atoms with Gasteiger partial charge >= 0.3 is 0 Å². The van der Waals surface area contributed by atoms with Crippen molar-refractivity contribution in [2.45, 2.75) is 11.1 Å². The largest absolute Gasteiger partial charge is 0.361 e. The van der Waals surface area contributed by atoms with Crippen molar-refractivity contribution in [1.82, 2.24) is 10.2 Å². The van der Waals surface area contributed by atoms with Crippen LogP contribution in [-0.4, -0.2) is 16.1 Å². The smallest absolute Gasteiger partial charge is 0.152 e. The zero-order valence-electron chi connectivity index (χ0n) is 8.29. The predicted octanol–water partition coefficient (Wildman–Crippen LogP) is 2.55. The first-order chi connectivity index (χ1) is 6.68. The van der Waals surface area contributed by atoms with Gasteiger partial charge in [0.25, 0.3) is 0 Å². The Morgan fingerprint density at radius 3 is 2.43 bits per heavy atom. The van der Waals surface area contributed by atoms with Crippen molar-refractivity contribution in [2.24, 2.45) is 0 Å². The Morgan fingerprint density at radius 2 is 1.93 bits per heavy atom. The lowest BCUT2D eigenvalue weighted by atomic mass is 10.1. The fraction of sp³-hybridized carbons (Fsp3) is 0.273. The first kappa shape index (κ1) is 9.83. The maximum atomic E-state index is 3.28. The van der Waals surface area contributed by atoms with E-state index in [1.54, 1.807) is 0 Å². The molecule has 1 aliphatic rings. The van der Waals surface area contributed by atoms with E-state index in [1.165, 1.54) is 16.8 Å². The van der Waals surface area contributed by atoms with Crippen molar-refractivity contribution in [3.8, 4) is 0 Å². The molecule has 2 nitrogen and oxygen atoms in total. The lowest BCUT2D eigenvalue weighted by Gasteiger charge is -2.20. The van der Waals surface area contributed by atoms with Gasteiger partial charge in [-0.1, -0.05) is 29.8 Å². The Labute approximate surface area is 98.1 Å². The highest BCUT2D eigenvalue weighted by atomic mass is 127. The quantitative estimate of drug-likeness (QED) is 0.487. The standard InChI is InChI=1S/C11H13IN2/c1-8-3-5-9(6-4-8)10-7-13-11(12)14(10)2/h3-7,11,13H,1-2H3. The van der Waals surface area contributed by atoms with Crippen LogP contribution >= 0.6 is 22.6 Å². The zero-order chi connectivity index (χ0) is 10.1. The minimum absolute atomic E-state index is 0.365. The molecule has 3 heteroatoms. The van der Waals surface area contributed by atoms with Gasteiger partial charge in [0.15, 0.2) is 4.17 Å². The second-order valence-corrected chi connectivity index (χ2v) is 4.69. The van der Waals surface area contributed by atoms with Gasteiger partial charge in [-0.15, -0.1) is 0 Å². The summed E-state index contributed by atoms with van der Waals surface area (Å²) in [4.78, 5) is 2.23. The van der Waals surface area contributed by atoms with Gasteiger partial charge in [-0.05, 0) is 35.1 Å². The molecule has 1 unspecified atom stereocenters. The minimum atomic E-state index is 0.365. The third-order valence-electron chi connectivity index (χ3n) is 2.42. The maximum Gasteiger partial charge on any atom is 0.152 e. The molecule has 0 aromatic heterocycles. The fourth-order valence-electron chi connectivity index (χ4n) is 1.49. The van der Waals surface area contributed by atoms with E-state index in [4.69, 9.17) is 0 Å². The number of hydrogen-bond donors (Lipinski definition) is 1. The van der Waals surface area contributed by atoms with Crippen molar-refractivity contribution in [3.63, 3.8) is 0 Å². The number of hydrogen-bond acceptors (Lipinski definition) is 2. The van der Waals surface area contributed by atoms with Gasteiger partial charge in [-0.3, -0.25) is 0 Å². The normalized spacial score (nSPS) is 20.6. The monoisotopic (exact) mass is 300 g/mol. The first-order valence-corrected chi connectivity index (χ1v) is 5.83. The minimum Gasteiger partial charge on any atom is -0.361 e. The number of benzene rings is 1. The van der Waals surface area contributed by atoms with Crippen molar-refractivity contribution < 1.29 is 0 Å². The van der Waals surface area contributed by atoms with Crippen molar-refractivity contribution in [2.75, 3.05) is 7.05 Å². The van der Waals surface area contributed by atoms with E-state index in [1.807, 2.05) is 0 Å². The number of halogens is 1. The van der Waals surface area contributed by atoms with E-state index in [0.717, 1.165) is 0 Å². The van der Waals surface area contributed by atoms with Gasteiger partial charge in [-0.2, -0.15) is 0 Å². The topological polar surface area (TPSA) is 15.3 Å². The summed E-state index contributed by atoms with van der Waals surface area (Å²) in [5, 5.41) is 3.28. The summed E-state index contributed by atoms with van der Waals surface area (Å²) >= 11 is 2.37. The molecule has 1 aliphatic heterocycles. The van der Waals surface area contributed by atoms with Gasteiger partial charge in [0.05, 0.1) is 5.70 Å². The molecule has 0 amide bonds. The van der Waals surface area contributed by atoms with Gasteiger partial charge in [-0.25, -0.2) is 0 Å². The van der Waals surface area contributed by atoms with E-state index >= 15 is 0 Å².